The molecule has 0 saturated carbocycles. The van der Waals surface area contributed by atoms with Gasteiger partial charge in [-0.05, 0) is 31.5 Å². The van der Waals surface area contributed by atoms with E-state index in [2.05, 4.69) is 15.9 Å². The Morgan fingerprint density at radius 1 is 0.778 bits per heavy atom. The lowest BCUT2D eigenvalue weighted by atomic mass is 10.1. The first-order chi connectivity index (χ1) is 17.1. The quantitative estimate of drug-likeness (QED) is 0.455. The van der Waals surface area contributed by atoms with Gasteiger partial charge in [0.1, 0.15) is 5.75 Å². The number of carbonyl (C=O) groups excluding carboxylic acids is 1. The molecule has 2 aromatic carbocycles. The fourth-order valence-electron chi connectivity index (χ4n) is 4.58. The van der Waals surface area contributed by atoms with Crippen LogP contribution < -0.4 is 28.6 Å². The number of anilines is 1. The summed E-state index contributed by atoms with van der Waals surface area (Å²) in [5, 5.41) is 0. The highest BCUT2D eigenvalue weighted by molar-refractivity contribution is 5.98. The first-order valence-electron chi connectivity index (χ1n) is 11.9. The van der Waals surface area contributed by atoms with Crippen LogP contribution in [0.15, 0.2) is 30.3 Å². The lowest BCUT2D eigenvalue weighted by molar-refractivity contribution is 0.0513. The summed E-state index contributed by atoms with van der Waals surface area (Å²) in [6.07, 6.45) is 1.95. The number of benzene rings is 2. The third-order valence-corrected chi connectivity index (χ3v) is 6.64. The van der Waals surface area contributed by atoms with Crippen LogP contribution in [-0.4, -0.2) is 95.6 Å². The molecule has 1 fully saturated rings. The molecule has 2 aromatic rings. The fraction of sp³-hybridized carbons (Fsp3) is 0.500. The molecule has 2 aliphatic heterocycles. The van der Waals surface area contributed by atoms with Crippen LogP contribution >= 0.6 is 0 Å². The number of hydrogen-bond acceptors (Lipinski definition) is 8. The second-order valence-corrected chi connectivity index (χ2v) is 8.62. The van der Waals surface area contributed by atoms with E-state index in [0.29, 0.717) is 29.4 Å². The molecule has 0 spiro atoms. The number of hydrogen-bond donors (Lipinski definition) is 0. The minimum atomic E-state index is -0.0317. The minimum Gasteiger partial charge on any atom is -0.493 e. The number of methoxy groups -OCH3 is 4. The van der Waals surface area contributed by atoms with E-state index in [9.17, 15) is 4.79 Å². The summed E-state index contributed by atoms with van der Waals surface area (Å²) in [6.45, 7) is 5.89. The van der Waals surface area contributed by atoms with Crippen molar-refractivity contribution in [2.75, 3.05) is 79.3 Å². The van der Waals surface area contributed by atoms with E-state index >= 15 is 0 Å². The Hall–Kier alpha value is -3.37. The molecule has 2 N–H and O–H groups in total. The lowest BCUT2D eigenvalue weighted by Gasteiger charge is -2.36. The van der Waals surface area contributed by atoms with E-state index in [0.717, 1.165) is 62.8 Å². The van der Waals surface area contributed by atoms with Crippen molar-refractivity contribution < 1.29 is 34.0 Å². The summed E-state index contributed by atoms with van der Waals surface area (Å²) in [6, 6.07) is 9.48. The third kappa shape index (κ3) is 5.88. The summed E-state index contributed by atoms with van der Waals surface area (Å²) < 4.78 is 27.2. The average Bonchev–Trinajstić information content (AvgIpc) is 2.91. The maximum atomic E-state index is 13.0. The molecular weight excluding hydrogens is 466 g/mol. The molecule has 4 rings (SSSR count). The van der Waals surface area contributed by atoms with Gasteiger partial charge in [-0.25, -0.2) is 0 Å². The van der Waals surface area contributed by atoms with Crippen LogP contribution in [0.2, 0.25) is 0 Å². The minimum absolute atomic E-state index is 0. The summed E-state index contributed by atoms with van der Waals surface area (Å²) in [7, 11) is 6.44. The Morgan fingerprint density at radius 2 is 1.39 bits per heavy atom. The number of piperazine rings is 1. The predicted molar refractivity (Wildman–Crippen MR) is 137 cm³/mol. The first kappa shape index (κ1) is 27.2. The van der Waals surface area contributed by atoms with Crippen LogP contribution in [0.1, 0.15) is 23.2 Å². The molecule has 0 atom stereocenters. The molecule has 0 aromatic heterocycles. The zero-order valence-corrected chi connectivity index (χ0v) is 21.5. The Balaban J connectivity index is 0.00000361. The Morgan fingerprint density at radius 3 is 2.06 bits per heavy atom. The van der Waals surface area contributed by atoms with Crippen molar-refractivity contribution in [1.29, 1.82) is 0 Å². The first-order valence-corrected chi connectivity index (χ1v) is 11.9. The van der Waals surface area contributed by atoms with E-state index in [1.165, 1.54) is 0 Å². The normalized spacial score (nSPS) is 15.5. The maximum Gasteiger partial charge on any atom is 0.260 e. The average molecular weight is 504 g/mol. The van der Waals surface area contributed by atoms with Crippen molar-refractivity contribution in [1.82, 2.24) is 9.80 Å². The molecule has 2 aliphatic rings. The van der Waals surface area contributed by atoms with Crippen molar-refractivity contribution in [3.05, 3.63) is 35.9 Å². The molecular formula is C26H37N3O7. The molecule has 0 aliphatic carbocycles. The Bertz CT molecular complexity index is 1020. The van der Waals surface area contributed by atoms with E-state index in [-0.39, 0.29) is 18.1 Å². The largest absolute Gasteiger partial charge is 0.493 e. The Kier molecular flexibility index (Phi) is 9.49. The molecule has 1 saturated heterocycles. The van der Waals surface area contributed by atoms with Crippen molar-refractivity contribution in [3.8, 4) is 28.7 Å². The highest BCUT2D eigenvalue weighted by atomic mass is 16.5. The number of nitrogens with zero attached hydrogens (tertiary/aromatic N) is 3. The van der Waals surface area contributed by atoms with E-state index in [4.69, 9.17) is 23.7 Å². The van der Waals surface area contributed by atoms with Crippen LogP contribution in [0.3, 0.4) is 0 Å². The highest BCUT2D eigenvalue weighted by Crippen LogP contribution is 2.37. The third-order valence-electron chi connectivity index (χ3n) is 6.64. The number of unbranched alkanes of at least 4 members (excludes halogenated alkanes) is 1. The smallest absolute Gasteiger partial charge is 0.260 e. The van der Waals surface area contributed by atoms with Crippen LogP contribution in [0.4, 0.5) is 5.69 Å². The maximum absolute atomic E-state index is 13.0. The summed E-state index contributed by atoms with van der Waals surface area (Å²) in [4.78, 5) is 19.6. The van der Waals surface area contributed by atoms with E-state index in [1.54, 1.807) is 45.5 Å². The van der Waals surface area contributed by atoms with Gasteiger partial charge in [0.25, 0.3) is 5.91 Å². The number of carbonyl (C=O) groups is 1. The summed E-state index contributed by atoms with van der Waals surface area (Å²) in [5.41, 5.74) is 1.67. The molecule has 10 heteroatoms. The zero-order chi connectivity index (χ0) is 24.8. The highest BCUT2D eigenvalue weighted by Gasteiger charge is 2.27. The molecule has 0 bridgehead atoms. The monoisotopic (exact) mass is 503 g/mol. The lowest BCUT2D eigenvalue weighted by Crippen LogP contribution is -2.46. The van der Waals surface area contributed by atoms with Crippen LogP contribution in [0.5, 0.6) is 28.7 Å². The van der Waals surface area contributed by atoms with Crippen molar-refractivity contribution in [2.24, 2.45) is 0 Å². The van der Waals surface area contributed by atoms with Gasteiger partial charge in [0.05, 0.1) is 34.0 Å². The second kappa shape index (κ2) is 12.5. The molecule has 1 amide bonds. The summed E-state index contributed by atoms with van der Waals surface area (Å²) in [5.74, 6) is 3.08. The van der Waals surface area contributed by atoms with Gasteiger partial charge < -0.3 is 39.0 Å². The Labute approximate surface area is 212 Å². The van der Waals surface area contributed by atoms with Gasteiger partial charge in [0.15, 0.2) is 29.7 Å². The molecule has 10 nitrogen and oxygen atoms in total. The van der Waals surface area contributed by atoms with E-state index < -0.39 is 0 Å². The van der Waals surface area contributed by atoms with Crippen LogP contribution in [0.25, 0.3) is 0 Å². The van der Waals surface area contributed by atoms with E-state index in [1.807, 2.05) is 12.1 Å². The van der Waals surface area contributed by atoms with Crippen molar-refractivity contribution in [3.63, 3.8) is 0 Å². The van der Waals surface area contributed by atoms with Gasteiger partial charge in [-0.2, -0.15) is 0 Å². The van der Waals surface area contributed by atoms with Crippen LogP contribution in [0, 0.1) is 0 Å². The van der Waals surface area contributed by atoms with Crippen LogP contribution in [-0.2, 0) is 0 Å². The number of amides is 1. The number of rotatable bonds is 10. The van der Waals surface area contributed by atoms with Crippen molar-refractivity contribution >= 4 is 11.6 Å². The van der Waals surface area contributed by atoms with Gasteiger partial charge in [-0.15, -0.1) is 0 Å². The number of ether oxygens (including phenoxy) is 5. The fourth-order valence-corrected chi connectivity index (χ4v) is 4.58. The molecule has 0 unspecified atom stereocenters. The van der Waals surface area contributed by atoms with Gasteiger partial charge in [-0.3, -0.25) is 9.69 Å². The summed E-state index contributed by atoms with van der Waals surface area (Å²) >= 11 is 0. The topological polar surface area (TPSA) is 104 Å². The standard InChI is InChI=1S/C26H35N3O6.H2O/c1-31-21-8-7-19(15-23(21)32-2)28-13-11-27(12-14-28)9-5-6-10-29-18-35-22-17-25(34-4)24(33-3)16-20(22)26(29)30;/h7-8,15-17H,5-6,9-14,18H2,1-4H3;1H2. The van der Waals surface area contributed by atoms with Gasteiger partial charge in [-0.1, -0.05) is 0 Å². The molecule has 36 heavy (non-hydrogen) atoms. The van der Waals surface area contributed by atoms with Crippen molar-refractivity contribution in [2.45, 2.75) is 12.8 Å². The van der Waals surface area contributed by atoms with Gasteiger partial charge in [0, 0.05) is 56.6 Å². The molecule has 0 radical (unpaired) electrons. The van der Waals surface area contributed by atoms with Gasteiger partial charge in [0.2, 0.25) is 0 Å². The number of fused-ring (bicyclic) bond motifs is 1. The predicted octanol–water partition coefficient (Wildman–Crippen LogP) is 2.29. The molecule has 2 heterocycles. The zero-order valence-electron chi connectivity index (χ0n) is 21.5. The van der Waals surface area contributed by atoms with Gasteiger partial charge >= 0.3 is 0 Å². The SMILES string of the molecule is COc1ccc(N2CCN(CCCCN3COc4cc(OC)c(OC)cc4C3=O)CC2)cc1OC.O. The second-order valence-electron chi connectivity index (χ2n) is 8.62. The molecule has 198 valence electrons.